The first kappa shape index (κ1) is 16.9. The monoisotopic (exact) mass is 337 g/mol. The Bertz CT molecular complexity index is 799. The second kappa shape index (κ2) is 7.32. The number of ketones is 1. The Morgan fingerprint density at radius 3 is 2.24 bits per heavy atom. The smallest absolute Gasteiger partial charge is 0.295 e. The minimum Gasteiger partial charge on any atom is -0.507 e. The highest BCUT2D eigenvalue weighted by molar-refractivity contribution is 6.46. The third-order valence-electron chi connectivity index (χ3n) is 4.24. The Morgan fingerprint density at radius 1 is 1.04 bits per heavy atom. The molecule has 3 rings (SSSR count). The minimum absolute atomic E-state index is 0.110. The fourth-order valence-corrected chi connectivity index (χ4v) is 3.03. The highest BCUT2D eigenvalue weighted by atomic mass is 16.5. The van der Waals surface area contributed by atoms with Gasteiger partial charge in [0.2, 0.25) is 0 Å². The van der Waals surface area contributed by atoms with Gasteiger partial charge in [-0.15, -0.1) is 0 Å². The first-order valence-electron chi connectivity index (χ1n) is 8.03. The first-order chi connectivity index (χ1) is 12.1. The predicted octanol–water partition coefficient (Wildman–Crippen LogP) is 2.75. The molecule has 1 aliphatic rings. The van der Waals surface area contributed by atoms with E-state index < -0.39 is 17.7 Å². The van der Waals surface area contributed by atoms with E-state index in [-0.39, 0.29) is 17.9 Å². The van der Waals surface area contributed by atoms with E-state index in [0.29, 0.717) is 12.2 Å². The molecule has 1 amide bonds. The number of carbonyl (C=O) groups excluding carboxylic acids is 2. The summed E-state index contributed by atoms with van der Waals surface area (Å²) in [7, 11) is 1.54. The molecule has 2 aromatic carbocycles. The van der Waals surface area contributed by atoms with Gasteiger partial charge >= 0.3 is 0 Å². The molecule has 1 N–H and O–H groups in total. The molecule has 1 heterocycles. The van der Waals surface area contributed by atoms with E-state index in [1.54, 1.807) is 24.3 Å². The van der Waals surface area contributed by atoms with Crippen LogP contribution in [0.15, 0.2) is 66.2 Å². The van der Waals surface area contributed by atoms with E-state index in [1.807, 2.05) is 36.4 Å². The molecular weight excluding hydrogens is 318 g/mol. The van der Waals surface area contributed by atoms with Crippen LogP contribution in [0, 0.1) is 0 Å². The number of rotatable bonds is 5. The average molecular weight is 337 g/mol. The second-order valence-electron chi connectivity index (χ2n) is 5.76. The van der Waals surface area contributed by atoms with Crippen molar-refractivity contribution in [1.82, 2.24) is 4.90 Å². The number of hydrogen-bond donors (Lipinski definition) is 1. The van der Waals surface area contributed by atoms with Crippen molar-refractivity contribution in [3.8, 4) is 0 Å². The van der Waals surface area contributed by atoms with Crippen LogP contribution in [0.2, 0.25) is 0 Å². The van der Waals surface area contributed by atoms with Crippen molar-refractivity contribution in [3.05, 3.63) is 77.4 Å². The van der Waals surface area contributed by atoms with Crippen molar-refractivity contribution in [3.63, 3.8) is 0 Å². The van der Waals surface area contributed by atoms with Crippen LogP contribution >= 0.6 is 0 Å². The van der Waals surface area contributed by atoms with Crippen molar-refractivity contribution in [2.45, 2.75) is 6.04 Å². The van der Waals surface area contributed by atoms with Gasteiger partial charge < -0.3 is 14.7 Å². The molecule has 0 bridgehead atoms. The lowest BCUT2D eigenvalue weighted by Crippen LogP contribution is -2.32. The number of ether oxygens (including phenoxy) is 1. The van der Waals surface area contributed by atoms with Gasteiger partial charge in [-0.05, 0) is 5.56 Å². The number of Topliss-reactive ketones (excluding diaryl/α,β-unsaturated/α-hetero) is 1. The Morgan fingerprint density at radius 2 is 1.64 bits per heavy atom. The number of carbonyl (C=O) groups is 2. The van der Waals surface area contributed by atoms with E-state index in [4.69, 9.17) is 4.74 Å². The highest BCUT2D eigenvalue weighted by Gasteiger charge is 2.45. The molecule has 5 heteroatoms. The molecule has 1 aliphatic heterocycles. The SMILES string of the molecule is COCCN1C(=O)C(=O)C(=C(O)c2ccccc2)[C@H]1c1ccccc1. The second-order valence-corrected chi connectivity index (χ2v) is 5.76. The number of amides is 1. The van der Waals surface area contributed by atoms with Crippen LogP contribution in [0.25, 0.3) is 5.76 Å². The fraction of sp³-hybridized carbons (Fsp3) is 0.200. The average Bonchev–Trinajstić information content (AvgIpc) is 2.91. The molecule has 0 unspecified atom stereocenters. The summed E-state index contributed by atoms with van der Waals surface area (Å²) in [5.41, 5.74) is 1.39. The lowest BCUT2D eigenvalue weighted by Gasteiger charge is -2.25. The maximum absolute atomic E-state index is 12.6. The quantitative estimate of drug-likeness (QED) is 0.517. The van der Waals surface area contributed by atoms with Gasteiger partial charge in [0.15, 0.2) is 0 Å². The number of likely N-dealkylation sites (tertiary alicyclic amines) is 1. The number of aliphatic hydroxyl groups is 1. The van der Waals surface area contributed by atoms with E-state index >= 15 is 0 Å². The van der Waals surface area contributed by atoms with Crippen molar-refractivity contribution in [2.75, 3.05) is 20.3 Å². The summed E-state index contributed by atoms with van der Waals surface area (Å²) in [6.07, 6.45) is 0. The molecule has 0 radical (unpaired) electrons. The van der Waals surface area contributed by atoms with Gasteiger partial charge in [0, 0.05) is 19.2 Å². The number of methoxy groups -OCH3 is 1. The predicted molar refractivity (Wildman–Crippen MR) is 93.8 cm³/mol. The van der Waals surface area contributed by atoms with Crippen LogP contribution in [0.4, 0.5) is 0 Å². The van der Waals surface area contributed by atoms with Crippen LogP contribution in [-0.2, 0) is 14.3 Å². The molecule has 1 fully saturated rings. The Labute approximate surface area is 146 Å². The number of benzene rings is 2. The zero-order valence-corrected chi connectivity index (χ0v) is 13.9. The molecule has 0 aromatic heterocycles. The van der Waals surface area contributed by atoms with Crippen LogP contribution < -0.4 is 0 Å². The van der Waals surface area contributed by atoms with Gasteiger partial charge in [0.25, 0.3) is 11.7 Å². The summed E-state index contributed by atoms with van der Waals surface area (Å²) in [6, 6.07) is 17.4. The highest BCUT2D eigenvalue weighted by Crippen LogP contribution is 2.38. The van der Waals surface area contributed by atoms with Crippen molar-refractivity contribution in [1.29, 1.82) is 0 Å². The summed E-state index contributed by atoms with van der Waals surface area (Å²) in [6.45, 7) is 0.577. The third-order valence-corrected chi connectivity index (χ3v) is 4.24. The van der Waals surface area contributed by atoms with Crippen LogP contribution in [0.1, 0.15) is 17.2 Å². The summed E-state index contributed by atoms with van der Waals surface area (Å²) in [5.74, 6) is -1.46. The zero-order valence-electron chi connectivity index (χ0n) is 13.9. The zero-order chi connectivity index (χ0) is 17.8. The van der Waals surface area contributed by atoms with Gasteiger partial charge in [-0.3, -0.25) is 9.59 Å². The number of hydrogen-bond acceptors (Lipinski definition) is 4. The van der Waals surface area contributed by atoms with E-state index in [1.165, 1.54) is 12.0 Å². The number of aliphatic hydroxyl groups excluding tert-OH is 1. The van der Waals surface area contributed by atoms with Gasteiger partial charge in [-0.25, -0.2) is 0 Å². The molecule has 25 heavy (non-hydrogen) atoms. The molecule has 128 valence electrons. The summed E-state index contributed by atoms with van der Waals surface area (Å²) >= 11 is 0. The van der Waals surface area contributed by atoms with Crippen molar-refractivity contribution in [2.24, 2.45) is 0 Å². The molecule has 0 spiro atoms. The lowest BCUT2D eigenvalue weighted by atomic mass is 9.95. The van der Waals surface area contributed by atoms with Gasteiger partial charge in [0.1, 0.15) is 5.76 Å². The Hall–Kier alpha value is -2.92. The minimum atomic E-state index is -0.675. The topological polar surface area (TPSA) is 66.8 Å². The molecule has 5 nitrogen and oxygen atoms in total. The molecule has 1 atom stereocenters. The fourth-order valence-electron chi connectivity index (χ4n) is 3.03. The Kier molecular flexibility index (Phi) is 4.95. The van der Waals surface area contributed by atoms with Crippen LogP contribution in [0.3, 0.4) is 0 Å². The normalized spacial score (nSPS) is 19.4. The summed E-state index contributed by atoms with van der Waals surface area (Å²) < 4.78 is 5.07. The summed E-state index contributed by atoms with van der Waals surface area (Å²) in [4.78, 5) is 26.6. The van der Waals surface area contributed by atoms with Crippen LogP contribution in [-0.4, -0.2) is 42.0 Å². The molecule has 1 saturated heterocycles. The maximum atomic E-state index is 12.6. The van der Waals surface area contributed by atoms with Gasteiger partial charge in [0.05, 0.1) is 18.2 Å². The van der Waals surface area contributed by atoms with Gasteiger partial charge in [-0.2, -0.15) is 0 Å². The van der Waals surface area contributed by atoms with E-state index in [2.05, 4.69) is 0 Å². The third kappa shape index (κ3) is 3.19. The van der Waals surface area contributed by atoms with E-state index in [9.17, 15) is 14.7 Å². The molecular formula is C20H19NO4. The molecule has 0 saturated carbocycles. The number of nitrogens with zero attached hydrogens (tertiary/aromatic N) is 1. The van der Waals surface area contributed by atoms with E-state index in [0.717, 1.165) is 5.56 Å². The van der Waals surface area contributed by atoms with Crippen molar-refractivity contribution < 1.29 is 19.4 Å². The maximum Gasteiger partial charge on any atom is 0.295 e. The first-order valence-corrected chi connectivity index (χ1v) is 8.03. The molecule has 2 aromatic rings. The van der Waals surface area contributed by atoms with Crippen molar-refractivity contribution >= 4 is 17.4 Å². The standard InChI is InChI=1S/C20H19NO4/c1-25-13-12-21-17(14-8-4-2-5-9-14)16(19(23)20(21)24)18(22)15-10-6-3-7-11-15/h2-11,17,22H,12-13H2,1H3/t17-/m1/s1. The van der Waals surface area contributed by atoms with Gasteiger partial charge in [-0.1, -0.05) is 60.7 Å². The molecule has 0 aliphatic carbocycles. The Balaban J connectivity index is 2.14. The largest absolute Gasteiger partial charge is 0.507 e. The summed E-state index contributed by atoms with van der Waals surface area (Å²) in [5, 5.41) is 10.7. The van der Waals surface area contributed by atoms with Crippen LogP contribution in [0.5, 0.6) is 0 Å². The lowest BCUT2D eigenvalue weighted by molar-refractivity contribution is -0.140.